The van der Waals surface area contributed by atoms with Crippen molar-refractivity contribution in [3.05, 3.63) is 60.4 Å². The molecular weight excluding hydrogens is 437 g/mol. The molecule has 0 saturated heterocycles. The van der Waals surface area contributed by atoms with Crippen LogP contribution in [0.15, 0.2) is 39.3 Å². The fourth-order valence-corrected chi connectivity index (χ4v) is 4.11. The molecule has 1 nitrogen and oxygen atoms in total. The summed E-state index contributed by atoms with van der Waals surface area (Å²) in [6, 6.07) is 10.1. The average Bonchev–Trinajstić information content (AvgIpc) is 2.41. The molecule has 0 radical (unpaired) electrons. The molecular formula is C16H15Br2Cl2N. The SMILES string of the molecule is CCC(Nc1c(Br)cc(C)cc1Br)c1ccc(Cl)c(Cl)c1. The Labute approximate surface area is 152 Å². The molecule has 112 valence electrons. The minimum Gasteiger partial charge on any atom is -0.376 e. The third-order valence-electron chi connectivity index (χ3n) is 3.26. The molecule has 0 aliphatic carbocycles. The van der Waals surface area contributed by atoms with Gasteiger partial charge in [0, 0.05) is 8.95 Å². The van der Waals surface area contributed by atoms with Crippen molar-refractivity contribution in [2.24, 2.45) is 0 Å². The topological polar surface area (TPSA) is 12.0 Å². The molecule has 2 aromatic carbocycles. The Morgan fingerprint density at radius 3 is 2.19 bits per heavy atom. The lowest BCUT2D eigenvalue weighted by Gasteiger charge is -2.21. The summed E-state index contributed by atoms with van der Waals surface area (Å²) >= 11 is 19.3. The Balaban J connectivity index is 2.33. The minimum atomic E-state index is 0.162. The smallest absolute Gasteiger partial charge is 0.0634 e. The highest BCUT2D eigenvalue weighted by molar-refractivity contribution is 9.11. The fraction of sp³-hybridized carbons (Fsp3) is 0.250. The van der Waals surface area contributed by atoms with Crippen molar-refractivity contribution in [3.63, 3.8) is 0 Å². The van der Waals surface area contributed by atoms with E-state index in [-0.39, 0.29) is 6.04 Å². The van der Waals surface area contributed by atoms with Gasteiger partial charge in [-0.25, -0.2) is 0 Å². The second-order valence-corrected chi connectivity index (χ2v) is 7.41. The molecule has 1 N–H and O–H groups in total. The normalized spacial score (nSPS) is 12.3. The Kier molecular flexibility index (Phi) is 6.01. The standard InChI is InChI=1S/C16H15Br2Cl2N/c1-3-15(10-4-5-13(19)14(20)8-10)21-16-11(17)6-9(2)7-12(16)18/h4-8,15,21H,3H2,1-2H3. The third-order valence-corrected chi connectivity index (χ3v) is 5.25. The van der Waals surface area contributed by atoms with Crippen LogP contribution in [0.3, 0.4) is 0 Å². The monoisotopic (exact) mass is 449 g/mol. The van der Waals surface area contributed by atoms with Crippen molar-refractivity contribution < 1.29 is 0 Å². The zero-order chi connectivity index (χ0) is 15.6. The van der Waals surface area contributed by atoms with E-state index in [9.17, 15) is 0 Å². The van der Waals surface area contributed by atoms with Crippen molar-refractivity contribution in [2.75, 3.05) is 5.32 Å². The summed E-state index contributed by atoms with van der Waals surface area (Å²) < 4.78 is 2.07. The summed E-state index contributed by atoms with van der Waals surface area (Å²) in [5.41, 5.74) is 3.35. The van der Waals surface area contributed by atoms with Gasteiger partial charge in [0.1, 0.15) is 0 Å². The lowest BCUT2D eigenvalue weighted by atomic mass is 10.0. The number of hydrogen-bond acceptors (Lipinski definition) is 1. The summed E-state index contributed by atoms with van der Waals surface area (Å²) in [5, 5.41) is 4.72. The van der Waals surface area contributed by atoms with Crippen LogP contribution in [0.4, 0.5) is 5.69 Å². The number of aryl methyl sites for hydroxylation is 1. The summed E-state index contributed by atoms with van der Waals surface area (Å²) in [6.07, 6.45) is 0.935. The Hall–Kier alpha value is -0.220. The molecule has 0 fully saturated rings. The van der Waals surface area contributed by atoms with Gasteiger partial charge in [0.2, 0.25) is 0 Å². The summed E-state index contributed by atoms with van der Waals surface area (Å²) in [7, 11) is 0. The van der Waals surface area contributed by atoms with E-state index in [2.05, 4.69) is 63.2 Å². The van der Waals surface area contributed by atoms with Crippen LogP contribution in [0.1, 0.15) is 30.5 Å². The van der Waals surface area contributed by atoms with E-state index >= 15 is 0 Å². The molecule has 0 heterocycles. The molecule has 2 rings (SSSR count). The van der Waals surface area contributed by atoms with Crippen molar-refractivity contribution in [1.29, 1.82) is 0 Å². The van der Waals surface area contributed by atoms with E-state index < -0.39 is 0 Å². The number of benzene rings is 2. The maximum atomic E-state index is 6.12. The van der Waals surface area contributed by atoms with Crippen molar-refractivity contribution in [2.45, 2.75) is 26.3 Å². The van der Waals surface area contributed by atoms with Gasteiger partial charge in [-0.2, -0.15) is 0 Å². The second kappa shape index (κ2) is 7.36. The van der Waals surface area contributed by atoms with Gasteiger partial charge < -0.3 is 5.32 Å². The van der Waals surface area contributed by atoms with Gasteiger partial charge in [-0.3, -0.25) is 0 Å². The zero-order valence-corrected chi connectivity index (χ0v) is 16.4. The number of halogens is 4. The predicted octanol–water partition coefficient (Wildman–Crippen LogP) is 7.39. The van der Waals surface area contributed by atoms with Crippen LogP contribution in [0, 0.1) is 6.92 Å². The van der Waals surface area contributed by atoms with Crippen LogP contribution in [0.2, 0.25) is 10.0 Å². The highest BCUT2D eigenvalue weighted by Gasteiger charge is 2.14. The van der Waals surface area contributed by atoms with Crippen LogP contribution < -0.4 is 5.32 Å². The van der Waals surface area contributed by atoms with E-state index in [4.69, 9.17) is 23.2 Å². The summed E-state index contributed by atoms with van der Waals surface area (Å²) in [4.78, 5) is 0. The second-order valence-electron chi connectivity index (χ2n) is 4.88. The predicted molar refractivity (Wildman–Crippen MR) is 99.7 cm³/mol. The van der Waals surface area contributed by atoms with Gasteiger partial charge in [-0.15, -0.1) is 0 Å². The molecule has 0 bridgehead atoms. The lowest BCUT2D eigenvalue weighted by Crippen LogP contribution is -2.10. The van der Waals surface area contributed by atoms with E-state index in [0.717, 1.165) is 26.6 Å². The molecule has 5 heteroatoms. The van der Waals surface area contributed by atoms with Crippen LogP contribution >= 0.6 is 55.1 Å². The van der Waals surface area contributed by atoms with Gasteiger partial charge in [-0.1, -0.05) is 36.2 Å². The van der Waals surface area contributed by atoms with Crippen molar-refractivity contribution >= 4 is 60.7 Å². The zero-order valence-electron chi connectivity index (χ0n) is 11.7. The number of anilines is 1. The minimum absolute atomic E-state index is 0.162. The van der Waals surface area contributed by atoms with E-state index in [1.54, 1.807) is 0 Å². The van der Waals surface area contributed by atoms with Crippen LogP contribution in [0.5, 0.6) is 0 Å². The molecule has 0 saturated carbocycles. The first kappa shape index (κ1) is 17.1. The molecule has 21 heavy (non-hydrogen) atoms. The highest BCUT2D eigenvalue weighted by Crippen LogP contribution is 2.36. The number of nitrogens with one attached hydrogen (secondary N) is 1. The number of hydrogen-bond donors (Lipinski definition) is 1. The first-order valence-electron chi connectivity index (χ1n) is 6.59. The third kappa shape index (κ3) is 4.16. The number of rotatable bonds is 4. The van der Waals surface area contributed by atoms with Gasteiger partial charge >= 0.3 is 0 Å². The van der Waals surface area contributed by atoms with Gasteiger partial charge in [0.15, 0.2) is 0 Å². The highest BCUT2D eigenvalue weighted by atomic mass is 79.9. The Morgan fingerprint density at radius 2 is 1.67 bits per heavy atom. The van der Waals surface area contributed by atoms with E-state index in [0.29, 0.717) is 10.0 Å². The van der Waals surface area contributed by atoms with E-state index in [1.165, 1.54) is 5.56 Å². The molecule has 0 aromatic heterocycles. The lowest BCUT2D eigenvalue weighted by molar-refractivity contribution is 0.748. The van der Waals surface area contributed by atoms with Crippen molar-refractivity contribution in [3.8, 4) is 0 Å². The van der Waals surface area contributed by atoms with E-state index in [1.807, 2.05) is 18.2 Å². The van der Waals surface area contributed by atoms with Gasteiger partial charge in [0.05, 0.1) is 21.8 Å². The largest absolute Gasteiger partial charge is 0.376 e. The Morgan fingerprint density at radius 1 is 1.05 bits per heavy atom. The first-order valence-corrected chi connectivity index (χ1v) is 8.93. The Bertz CT molecular complexity index is 636. The maximum Gasteiger partial charge on any atom is 0.0634 e. The summed E-state index contributed by atoms with van der Waals surface area (Å²) in [5.74, 6) is 0. The first-order chi connectivity index (χ1) is 9.92. The van der Waals surface area contributed by atoms with Crippen molar-refractivity contribution in [1.82, 2.24) is 0 Å². The molecule has 0 aliphatic heterocycles. The fourth-order valence-electron chi connectivity index (χ4n) is 2.16. The van der Waals surface area contributed by atoms with Crippen LogP contribution in [-0.2, 0) is 0 Å². The summed E-state index contributed by atoms with van der Waals surface area (Å²) in [6.45, 7) is 4.20. The average molecular weight is 452 g/mol. The molecule has 2 aromatic rings. The van der Waals surface area contributed by atoms with Gasteiger partial charge in [0.25, 0.3) is 0 Å². The maximum absolute atomic E-state index is 6.12. The van der Waals surface area contributed by atoms with Crippen LogP contribution in [0.25, 0.3) is 0 Å². The quantitative estimate of drug-likeness (QED) is 0.511. The molecule has 0 aliphatic rings. The molecule has 1 unspecified atom stereocenters. The molecule has 1 atom stereocenters. The van der Waals surface area contributed by atoms with Gasteiger partial charge in [-0.05, 0) is 80.6 Å². The van der Waals surface area contributed by atoms with Crippen LogP contribution in [-0.4, -0.2) is 0 Å². The molecule has 0 spiro atoms. The molecule has 0 amide bonds.